The molecule has 3 N–H and O–H groups in total. The molecule has 104 valence electrons. The summed E-state index contributed by atoms with van der Waals surface area (Å²) in [7, 11) is 0. The zero-order valence-electron chi connectivity index (χ0n) is 11.5. The topological polar surface area (TPSA) is 78.7 Å². The van der Waals surface area contributed by atoms with E-state index >= 15 is 0 Å². The van der Waals surface area contributed by atoms with E-state index in [9.17, 15) is 9.59 Å². The van der Waals surface area contributed by atoms with E-state index in [-0.39, 0.29) is 11.9 Å². The van der Waals surface area contributed by atoms with Crippen LogP contribution in [-0.2, 0) is 4.79 Å². The number of primary amides is 1. The minimum atomic E-state index is -0.787. The summed E-state index contributed by atoms with van der Waals surface area (Å²) in [5.74, 6) is 0.340. The molecule has 1 aliphatic heterocycles. The highest BCUT2D eigenvalue weighted by Gasteiger charge is 2.26. The summed E-state index contributed by atoms with van der Waals surface area (Å²) in [5, 5.41) is 2.13. The second-order valence-electron chi connectivity index (χ2n) is 5.26. The molecule has 1 heterocycles. The van der Waals surface area contributed by atoms with Crippen LogP contribution in [0, 0.1) is 5.92 Å². The number of nitrogens with two attached hydrogens (primary N) is 1. The molecule has 0 spiro atoms. The molecule has 0 aromatic carbocycles. The summed E-state index contributed by atoms with van der Waals surface area (Å²) in [5.41, 5.74) is 4.94. The summed E-state index contributed by atoms with van der Waals surface area (Å²) >= 11 is 0. The third kappa shape index (κ3) is 4.62. The van der Waals surface area contributed by atoms with Gasteiger partial charge in [0.25, 0.3) is 0 Å². The molecule has 1 unspecified atom stereocenters. The molecule has 0 aliphatic carbocycles. The van der Waals surface area contributed by atoms with Gasteiger partial charge >= 0.3 is 6.03 Å². The van der Waals surface area contributed by atoms with Crippen molar-refractivity contribution < 1.29 is 9.59 Å². The lowest BCUT2D eigenvalue weighted by atomic mass is 10.1. The number of imide groups is 1. The Morgan fingerprint density at radius 3 is 2.17 bits per heavy atom. The van der Waals surface area contributed by atoms with Gasteiger partial charge in [-0.05, 0) is 12.8 Å². The van der Waals surface area contributed by atoms with Gasteiger partial charge in [0.1, 0.15) is 0 Å². The molecule has 3 amide bonds. The van der Waals surface area contributed by atoms with Gasteiger partial charge in [0.15, 0.2) is 0 Å². The summed E-state index contributed by atoms with van der Waals surface area (Å²) in [6.45, 7) is 10.9. The first-order chi connectivity index (χ1) is 8.40. The summed E-state index contributed by atoms with van der Waals surface area (Å²) in [4.78, 5) is 26.8. The van der Waals surface area contributed by atoms with Crippen LogP contribution in [0.3, 0.4) is 0 Å². The van der Waals surface area contributed by atoms with Crippen LogP contribution < -0.4 is 11.1 Å². The zero-order valence-corrected chi connectivity index (χ0v) is 11.5. The molecule has 6 nitrogen and oxygen atoms in total. The Kier molecular flexibility index (Phi) is 5.55. The lowest BCUT2D eigenvalue weighted by Crippen LogP contribution is -2.55. The first kappa shape index (κ1) is 14.9. The van der Waals surface area contributed by atoms with Crippen molar-refractivity contribution in [3.8, 4) is 0 Å². The number of hydrogen-bond acceptors (Lipinski definition) is 4. The fourth-order valence-corrected chi connectivity index (χ4v) is 2.24. The predicted molar refractivity (Wildman–Crippen MR) is 70.0 cm³/mol. The highest BCUT2D eigenvalue weighted by atomic mass is 16.2. The first-order valence-electron chi connectivity index (χ1n) is 6.47. The number of nitrogens with zero attached hydrogens (tertiary/aromatic N) is 2. The van der Waals surface area contributed by atoms with E-state index in [4.69, 9.17) is 5.73 Å². The third-order valence-electron chi connectivity index (χ3n) is 3.20. The van der Waals surface area contributed by atoms with Crippen LogP contribution in [0.15, 0.2) is 0 Å². The van der Waals surface area contributed by atoms with Crippen molar-refractivity contribution in [1.82, 2.24) is 15.1 Å². The van der Waals surface area contributed by atoms with Crippen molar-refractivity contribution in [3.05, 3.63) is 0 Å². The number of carbonyl (C=O) groups excluding carboxylic acids is 2. The van der Waals surface area contributed by atoms with Crippen LogP contribution in [0.5, 0.6) is 0 Å². The molecule has 1 atom stereocenters. The van der Waals surface area contributed by atoms with Gasteiger partial charge in [-0.1, -0.05) is 13.8 Å². The second kappa shape index (κ2) is 6.70. The lowest BCUT2D eigenvalue weighted by Gasteiger charge is -2.37. The quantitative estimate of drug-likeness (QED) is 0.733. The van der Waals surface area contributed by atoms with Gasteiger partial charge in [-0.15, -0.1) is 0 Å². The summed E-state index contributed by atoms with van der Waals surface area (Å²) in [6.07, 6.45) is 0. The molecule has 0 aromatic rings. The van der Waals surface area contributed by atoms with E-state index in [0.717, 1.165) is 32.7 Å². The van der Waals surface area contributed by atoms with Gasteiger partial charge in [0, 0.05) is 32.7 Å². The van der Waals surface area contributed by atoms with Gasteiger partial charge in [-0.3, -0.25) is 15.0 Å². The van der Waals surface area contributed by atoms with Crippen molar-refractivity contribution in [2.45, 2.75) is 26.8 Å². The van der Waals surface area contributed by atoms with Crippen molar-refractivity contribution in [2.75, 3.05) is 32.7 Å². The maximum Gasteiger partial charge on any atom is 0.318 e. The number of urea groups is 1. The second-order valence-corrected chi connectivity index (χ2v) is 5.26. The molecule has 6 heteroatoms. The van der Waals surface area contributed by atoms with Crippen LogP contribution in [0.2, 0.25) is 0 Å². The average molecular weight is 256 g/mol. The summed E-state index contributed by atoms with van der Waals surface area (Å²) in [6, 6.07) is -1.09. The SMILES string of the molecule is CC(C)CN1CCN(C(C)C(=O)NC(N)=O)CC1. The predicted octanol–water partition coefficient (Wildman–Crippen LogP) is -0.157. The zero-order chi connectivity index (χ0) is 13.7. The Hall–Kier alpha value is -1.14. The molecule has 1 aliphatic rings. The highest BCUT2D eigenvalue weighted by Crippen LogP contribution is 2.08. The number of rotatable bonds is 4. The minimum absolute atomic E-state index is 0.307. The number of hydrogen-bond donors (Lipinski definition) is 2. The van der Waals surface area contributed by atoms with Gasteiger partial charge in [0.2, 0.25) is 5.91 Å². The number of nitrogens with one attached hydrogen (secondary N) is 1. The van der Waals surface area contributed by atoms with E-state index in [1.54, 1.807) is 6.92 Å². The van der Waals surface area contributed by atoms with Crippen molar-refractivity contribution >= 4 is 11.9 Å². The van der Waals surface area contributed by atoms with Gasteiger partial charge in [-0.2, -0.15) is 0 Å². The van der Waals surface area contributed by atoms with Crippen LogP contribution >= 0.6 is 0 Å². The van der Waals surface area contributed by atoms with E-state index < -0.39 is 6.03 Å². The van der Waals surface area contributed by atoms with Gasteiger partial charge in [0.05, 0.1) is 6.04 Å². The average Bonchev–Trinajstić information content (AvgIpc) is 2.27. The third-order valence-corrected chi connectivity index (χ3v) is 3.20. The maximum absolute atomic E-state index is 11.6. The standard InChI is InChI=1S/C12H24N4O2/c1-9(2)8-15-4-6-16(7-5-15)10(3)11(17)14-12(13)18/h9-10H,4-8H2,1-3H3,(H3,13,14,17,18). The van der Waals surface area contributed by atoms with Gasteiger partial charge < -0.3 is 10.6 Å². The molecule has 1 fully saturated rings. The number of amides is 3. The van der Waals surface area contributed by atoms with Crippen LogP contribution in [-0.4, -0.2) is 60.5 Å². The molecule has 0 bridgehead atoms. The Labute approximate surface area is 108 Å². The minimum Gasteiger partial charge on any atom is -0.351 e. The Morgan fingerprint density at radius 2 is 1.72 bits per heavy atom. The summed E-state index contributed by atoms with van der Waals surface area (Å²) < 4.78 is 0. The Bertz CT molecular complexity index is 298. The molecule has 18 heavy (non-hydrogen) atoms. The largest absolute Gasteiger partial charge is 0.351 e. The highest BCUT2D eigenvalue weighted by molar-refractivity contribution is 5.96. The molecule has 0 radical (unpaired) electrons. The number of piperazine rings is 1. The Balaban J connectivity index is 2.37. The van der Waals surface area contributed by atoms with Crippen molar-refractivity contribution in [3.63, 3.8) is 0 Å². The van der Waals surface area contributed by atoms with Crippen LogP contribution in [0.1, 0.15) is 20.8 Å². The number of carbonyl (C=O) groups is 2. The van der Waals surface area contributed by atoms with Gasteiger partial charge in [-0.25, -0.2) is 4.79 Å². The molecule has 0 aromatic heterocycles. The molecular weight excluding hydrogens is 232 g/mol. The normalized spacial score (nSPS) is 19.8. The smallest absolute Gasteiger partial charge is 0.318 e. The lowest BCUT2D eigenvalue weighted by molar-refractivity contribution is -0.125. The molecule has 1 saturated heterocycles. The first-order valence-corrected chi connectivity index (χ1v) is 6.47. The van der Waals surface area contributed by atoms with Crippen molar-refractivity contribution in [2.24, 2.45) is 11.7 Å². The fraction of sp³-hybridized carbons (Fsp3) is 0.833. The Morgan fingerprint density at radius 1 is 1.17 bits per heavy atom. The van der Waals surface area contributed by atoms with E-state index in [1.807, 2.05) is 0 Å². The monoisotopic (exact) mass is 256 g/mol. The fourth-order valence-electron chi connectivity index (χ4n) is 2.24. The van der Waals surface area contributed by atoms with Crippen LogP contribution in [0.25, 0.3) is 0 Å². The van der Waals surface area contributed by atoms with E-state index in [0.29, 0.717) is 5.92 Å². The molecule has 1 rings (SSSR count). The van der Waals surface area contributed by atoms with Crippen LogP contribution in [0.4, 0.5) is 4.79 Å². The molecule has 0 saturated carbocycles. The van der Waals surface area contributed by atoms with Crippen molar-refractivity contribution in [1.29, 1.82) is 0 Å². The van der Waals surface area contributed by atoms with E-state index in [1.165, 1.54) is 0 Å². The van der Waals surface area contributed by atoms with E-state index in [2.05, 4.69) is 29.0 Å². The maximum atomic E-state index is 11.6. The molecular formula is C12H24N4O2.